The molecular formula is C59H66O20. The molecule has 6 aromatic carbocycles. The highest BCUT2D eigenvalue weighted by molar-refractivity contribution is 5.90. The highest BCUT2D eigenvalue weighted by Crippen LogP contribution is 2.32. The number of hydrogen-bond acceptors (Lipinski definition) is 20. The summed E-state index contributed by atoms with van der Waals surface area (Å²) in [5.41, 5.74) is 5.67. The molecule has 20 nitrogen and oxygen atoms in total. The third kappa shape index (κ3) is 24.0. The quantitative estimate of drug-likeness (QED) is 0.0160. The van der Waals surface area contributed by atoms with Gasteiger partial charge in [0.05, 0.1) is 24.8 Å². The molecule has 0 unspecified atom stereocenters. The molecule has 20 heteroatoms. The molecule has 0 spiro atoms. The van der Waals surface area contributed by atoms with Crippen molar-refractivity contribution in [1.82, 2.24) is 0 Å². The van der Waals surface area contributed by atoms with Crippen molar-refractivity contribution in [1.29, 1.82) is 0 Å². The number of benzene rings is 6. The monoisotopic (exact) mass is 1090 g/mol. The minimum atomic E-state index is -0.355. The van der Waals surface area contributed by atoms with Crippen molar-refractivity contribution in [3.63, 3.8) is 0 Å². The lowest BCUT2D eigenvalue weighted by Crippen LogP contribution is -2.04. The van der Waals surface area contributed by atoms with Crippen LogP contribution in [-0.4, -0.2) is 132 Å². The van der Waals surface area contributed by atoms with Gasteiger partial charge in [-0.1, -0.05) is 60.7 Å². The summed E-state index contributed by atoms with van der Waals surface area (Å²) in [5.74, 6) is 2.06. The van der Waals surface area contributed by atoms with Crippen molar-refractivity contribution in [3.05, 3.63) is 166 Å². The van der Waals surface area contributed by atoms with Crippen LogP contribution in [0.3, 0.4) is 0 Å². The number of phenols is 2. The maximum Gasteiger partial charge on any atom is 0.338 e. The summed E-state index contributed by atoms with van der Waals surface area (Å²) in [6.07, 6.45) is 9.09. The largest absolute Gasteiger partial charge is 0.504 e. The molecule has 0 aromatic heterocycles. The van der Waals surface area contributed by atoms with Crippen molar-refractivity contribution in [2.24, 2.45) is 0 Å². The minimum Gasteiger partial charge on any atom is -0.504 e. The molecule has 0 aliphatic heterocycles. The fourth-order valence-corrected chi connectivity index (χ4v) is 6.08. The SMILES string of the molecule is CCOC(=O)c1ccc(/C=C/c2ccc(OCOC)c(OCOC)c2)cc1.COCOc1ccc(/C=C/c2ccc(C(=O)OC)cc2)cc1OCOC.COCOc1ccc(C=O)cc1OCOC.O=Cc1ccc(O)c(O)c1. The lowest BCUT2D eigenvalue weighted by Gasteiger charge is -2.12. The van der Waals surface area contributed by atoms with Gasteiger partial charge in [0.2, 0.25) is 0 Å². The van der Waals surface area contributed by atoms with Crippen molar-refractivity contribution in [3.8, 4) is 46.0 Å². The molecule has 0 atom stereocenters. The first-order valence-corrected chi connectivity index (χ1v) is 23.8. The van der Waals surface area contributed by atoms with Gasteiger partial charge < -0.3 is 76.5 Å². The average Bonchev–Trinajstić information content (AvgIpc) is 3.48. The number of methoxy groups -OCH3 is 7. The number of rotatable bonds is 27. The summed E-state index contributed by atoms with van der Waals surface area (Å²) >= 11 is 0. The Kier molecular flexibility index (Phi) is 31.0. The highest BCUT2D eigenvalue weighted by atomic mass is 16.7. The number of esters is 2. The Morgan fingerprint density at radius 2 is 0.671 bits per heavy atom. The molecule has 0 fully saturated rings. The number of phenolic OH excluding ortho intramolecular Hbond substituents is 2. The van der Waals surface area contributed by atoms with E-state index in [2.05, 4.69) is 4.74 Å². The van der Waals surface area contributed by atoms with Gasteiger partial charge in [-0.25, -0.2) is 9.59 Å². The Morgan fingerprint density at radius 3 is 1.01 bits per heavy atom. The summed E-state index contributed by atoms with van der Waals surface area (Å²) < 4.78 is 71.6. The van der Waals surface area contributed by atoms with E-state index >= 15 is 0 Å². The molecule has 0 bridgehead atoms. The molecule has 0 aliphatic carbocycles. The first-order chi connectivity index (χ1) is 38.4. The fraction of sp³-hybridized carbons (Fsp3) is 0.254. The first kappa shape index (κ1) is 64.5. The first-order valence-electron chi connectivity index (χ1n) is 23.8. The van der Waals surface area contributed by atoms with Gasteiger partial charge >= 0.3 is 11.9 Å². The van der Waals surface area contributed by atoms with Crippen molar-refractivity contribution < 1.29 is 95.7 Å². The van der Waals surface area contributed by atoms with Crippen LogP contribution >= 0.6 is 0 Å². The smallest absolute Gasteiger partial charge is 0.338 e. The second-order valence-corrected chi connectivity index (χ2v) is 15.5. The Balaban J connectivity index is 0.000000293. The molecule has 422 valence electrons. The zero-order valence-corrected chi connectivity index (χ0v) is 45.2. The number of ether oxygens (including phenoxy) is 14. The lowest BCUT2D eigenvalue weighted by atomic mass is 10.1. The molecule has 0 aliphatic rings. The van der Waals surface area contributed by atoms with Gasteiger partial charge in [-0.05, 0) is 114 Å². The van der Waals surface area contributed by atoms with Gasteiger partial charge in [0.1, 0.15) is 12.6 Å². The number of aldehydes is 2. The molecule has 0 amide bonds. The van der Waals surface area contributed by atoms with E-state index in [1.807, 2.05) is 85.0 Å². The van der Waals surface area contributed by atoms with Crippen LogP contribution in [0.4, 0.5) is 0 Å². The maximum absolute atomic E-state index is 11.7. The van der Waals surface area contributed by atoms with Gasteiger partial charge in [0.15, 0.2) is 86.8 Å². The van der Waals surface area contributed by atoms with Gasteiger partial charge in [-0.15, -0.1) is 0 Å². The highest BCUT2D eigenvalue weighted by Gasteiger charge is 2.10. The van der Waals surface area contributed by atoms with E-state index in [4.69, 9.17) is 71.8 Å². The van der Waals surface area contributed by atoms with Crippen molar-refractivity contribution in [2.45, 2.75) is 6.92 Å². The van der Waals surface area contributed by atoms with E-state index in [9.17, 15) is 19.2 Å². The van der Waals surface area contributed by atoms with E-state index in [0.29, 0.717) is 69.6 Å². The van der Waals surface area contributed by atoms with Crippen molar-refractivity contribution >= 4 is 48.8 Å². The second kappa shape index (κ2) is 37.9. The van der Waals surface area contributed by atoms with Gasteiger partial charge in [-0.2, -0.15) is 0 Å². The Morgan fingerprint density at radius 1 is 0.367 bits per heavy atom. The number of aromatic hydroxyl groups is 2. The van der Waals surface area contributed by atoms with E-state index in [-0.39, 0.29) is 64.2 Å². The third-order valence-electron chi connectivity index (χ3n) is 9.86. The summed E-state index contributed by atoms with van der Waals surface area (Å²) in [6.45, 7) is 2.84. The molecule has 0 radical (unpaired) electrons. The van der Waals surface area contributed by atoms with Crippen LogP contribution in [0.1, 0.15) is 70.6 Å². The average molecular weight is 1100 g/mol. The number of carbonyl (C=O) groups is 4. The molecular weight excluding hydrogens is 1030 g/mol. The van der Waals surface area contributed by atoms with Crippen LogP contribution in [0.2, 0.25) is 0 Å². The topological polar surface area (TPSA) is 238 Å². The predicted octanol–water partition coefficient (Wildman–Crippen LogP) is 9.98. The standard InChI is InChI=1S/C21H24O6.C20H22O6.C11H14O5.C7H6O3/c1-4-25-21(22)18-10-7-16(8-11-18)5-6-17-9-12-19(26-14-23-2)20(13-17)27-15-24-3;1-22-13-25-18-11-8-16(12-19(18)26-14-23-2)5-4-15-6-9-17(10-7-15)20(21)24-3;1-13-7-15-10-4-3-9(6-12)5-11(10)16-8-14-2;8-4-5-1-2-6(9)7(10)3-5/h5-13H,4,14-15H2,1-3H3;4-12H,13-14H2,1-3H3;3-6H,7-8H2,1-2H3;1-4,9-10H/b6-5+;5-4+;;. The molecule has 0 saturated carbocycles. The molecule has 0 heterocycles. The third-order valence-corrected chi connectivity index (χ3v) is 9.86. The zero-order chi connectivity index (χ0) is 57.6. The normalized spacial score (nSPS) is 10.4. The summed E-state index contributed by atoms with van der Waals surface area (Å²) in [7, 11) is 10.6. The van der Waals surface area contributed by atoms with Crippen LogP contribution in [0.5, 0.6) is 46.0 Å². The van der Waals surface area contributed by atoms with E-state index in [1.165, 1.54) is 39.5 Å². The van der Waals surface area contributed by atoms with Crippen LogP contribution in [0.15, 0.2) is 121 Å². The van der Waals surface area contributed by atoms with Crippen molar-refractivity contribution in [2.75, 3.05) is 97.1 Å². The summed E-state index contributed by atoms with van der Waals surface area (Å²) in [4.78, 5) is 43.8. The van der Waals surface area contributed by atoms with Crippen LogP contribution in [0.25, 0.3) is 24.3 Å². The zero-order valence-electron chi connectivity index (χ0n) is 45.2. The lowest BCUT2D eigenvalue weighted by molar-refractivity contribution is 0.0322. The molecule has 79 heavy (non-hydrogen) atoms. The maximum atomic E-state index is 11.7. The predicted molar refractivity (Wildman–Crippen MR) is 293 cm³/mol. The van der Waals surface area contributed by atoms with Crippen LogP contribution < -0.4 is 28.4 Å². The van der Waals surface area contributed by atoms with Crippen LogP contribution in [0, 0.1) is 0 Å². The minimum absolute atomic E-state index is 0.0889. The van der Waals surface area contributed by atoms with E-state index in [0.717, 1.165) is 28.5 Å². The Bertz CT molecular complexity index is 2810. The Labute approximate surface area is 459 Å². The summed E-state index contributed by atoms with van der Waals surface area (Å²) in [6, 6.07) is 34.2. The van der Waals surface area contributed by atoms with Gasteiger partial charge in [0, 0.05) is 53.8 Å². The fourth-order valence-electron chi connectivity index (χ4n) is 6.08. The molecule has 6 rings (SSSR count). The number of carbonyl (C=O) groups excluding carboxylic acids is 4. The Hall–Kier alpha value is -8.76. The van der Waals surface area contributed by atoms with Crippen LogP contribution in [-0.2, 0) is 37.9 Å². The number of hydrogen-bond donors (Lipinski definition) is 2. The summed E-state index contributed by atoms with van der Waals surface area (Å²) in [5, 5.41) is 17.6. The van der Waals surface area contributed by atoms with Gasteiger partial charge in [0.25, 0.3) is 0 Å². The molecule has 6 aromatic rings. The molecule has 0 saturated heterocycles. The molecule has 2 N–H and O–H groups in total. The van der Waals surface area contributed by atoms with E-state index < -0.39 is 0 Å². The second-order valence-electron chi connectivity index (χ2n) is 15.5. The van der Waals surface area contributed by atoms with E-state index in [1.54, 1.807) is 77.8 Å². The van der Waals surface area contributed by atoms with Gasteiger partial charge in [-0.3, -0.25) is 9.59 Å².